The van der Waals surface area contributed by atoms with Gasteiger partial charge in [0.25, 0.3) is 0 Å². The Hall–Kier alpha value is -1.62. The van der Waals surface area contributed by atoms with Crippen LogP contribution >= 0.6 is 11.6 Å². The fourth-order valence-electron chi connectivity index (χ4n) is 3.07. The highest BCUT2D eigenvalue weighted by Crippen LogP contribution is 2.49. The molecule has 20 heavy (non-hydrogen) atoms. The molecule has 6 heteroatoms. The monoisotopic (exact) mass is 296 g/mol. The number of hydrogen-bond acceptors (Lipinski definition) is 3. The molecule has 2 atom stereocenters. The number of benzene rings is 1. The third kappa shape index (κ3) is 1.80. The van der Waals surface area contributed by atoms with Crippen LogP contribution in [0.5, 0.6) is 11.5 Å². The zero-order chi connectivity index (χ0) is 14.5. The first-order valence-electron chi connectivity index (χ1n) is 6.63. The number of nitrogens with one attached hydrogen (secondary N) is 1. The van der Waals surface area contributed by atoms with E-state index in [0.717, 1.165) is 5.56 Å². The summed E-state index contributed by atoms with van der Waals surface area (Å²) in [6.07, 6.45) is 0.684. The lowest BCUT2D eigenvalue weighted by atomic mass is 9.90. The van der Waals surface area contributed by atoms with Gasteiger partial charge in [0.2, 0.25) is 0 Å². The molecular formula is C14H17ClN2O3. The van der Waals surface area contributed by atoms with Gasteiger partial charge in [-0.3, -0.25) is 4.90 Å². The van der Waals surface area contributed by atoms with E-state index in [0.29, 0.717) is 29.5 Å². The van der Waals surface area contributed by atoms with E-state index in [1.165, 1.54) is 0 Å². The molecule has 0 saturated carbocycles. The molecule has 5 nitrogen and oxygen atoms in total. The predicted octanol–water partition coefficient (Wildman–Crippen LogP) is 2.93. The van der Waals surface area contributed by atoms with Crippen LogP contribution in [0.2, 0.25) is 5.02 Å². The molecule has 1 N–H and O–H groups in total. The number of hydrogen-bond donors (Lipinski definition) is 1. The fourth-order valence-corrected chi connectivity index (χ4v) is 3.29. The van der Waals surface area contributed by atoms with Crippen molar-refractivity contribution in [1.82, 2.24) is 10.2 Å². The number of halogens is 1. The van der Waals surface area contributed by atoms with E-state index in [9.17, 15) is 4.79 Å². The van der Waals surface area contributed by atoms with Crippen molar-refractivity contribution < 1.29 is 14.3 Å². The molecular weight excluding hydrogens is 280 g/mol. The molecule has 3 rings (SSSR count). The van der Waals surface area contributed by atoms with Crippen molar-refractivity contribution in [3.05, 3.63) is 22.7 Å². The smallest absolute Gasteiger partial charge is 0.320 e. The standard InChI is InChI=1S/C14H17ClN2O3/c1-4-17-13(18)16-10-7-14(17,2)20-12-9(10)5-8(15)6-11(12)19-3/h5-6,10H,4,7H2,1-3H3,(H,16,18). The quantitative estimate of drug-likeness (QED) is 0.913. The number of ether oxygens (including phenoxy) is 2. The van der Waals surface area contributed by atoms with Gasteiger partial charge in [-0.25, -0.2) is 4.79 Å². The van der Waals surface area contributed by atoms with Gasteiger partial charge in [-0.05, 0) is 19.9 Å². The van der Waals surface area contributed by atoms with Crippen LogP contribution in [0.25, 0.3) is 0 Å². The molecule has 1 saturated heterocycles. The molecule has 2 unspecified atom stereocenters. The third-order valence-electron chi connectivity index (χ3n) is 3.98. The third-order valence-corrected chi connectivity index (χ3v) is 4.20. The van der Waals surface area contributed by atoms with Crippen LogP contribution in [-0.2, 0) is 0 Å². The first-order chi connectivity index (χ1) is 9.48. The minimum atomic E-state index is -0.657. The zero-order valence-electron chi connectivity index (χ0n) is 11.7. The van der Waals surface area contributed by atoms with Crippen LogP contribution in [0.1, 0.15) is 31.9 Å². The minimum Gasteiger partial charge on any atom is -0.493 e. The molecule has 108 valence electrons. The normalized spacial score (nSPS) is 27.5. The summed E-state index contributed by atoms with van der Waals surface area (Å²) >= 11 is 6.11. The maximum atomic E-state index is 12.2. The van der Waals surface area contributed by atoms with Crippen LogP contribution in [-0.4, -0.2) is 30.3 Å². The molecule has 0 spiro atoms. The van der Waals surface area contributed by atoms with Crippen molar-refractivity contribution >= 4 is 17.6 Å². The van der Waals surface area contributed by atoms with E-state index in [-0.39, 0.29) is 12.1 Å². The van der Waals surface area contributed by atoms with Crippen molar-refractivity contribution in [3.8, 4) is 11.5 Å². The lowest BCUT2D eigenvalue weighted by Crippen LogP contribution is -2.64. The lowest BCUT2D eigenvalue weighted by molar-refractivity contribution is -0.0828. The molecule has 2 aliphatic heterocycles. The summed E-state index contributed by atoms with van der Waals surface area (Å²) in [7, 11) is 1.58. The molecule has 2 heterocycles. The second kappa shape index (κ2) is 4.45. The molecule has 1 aromatic rings. The second-order valence-electron chi connectivity index (χ2n) is 5.25. The Bertz CT molecular complexity index is 578. The van der Waals surface area contributed by atoms with Crippen molar-refractivity contribution in [2.75, 3.05) is 13.7 Å². The maximum absolute atomic E-state index is 12.2. The van der Waals surface area contributed by atoms with E-state index in [1.54, 1.807) is 18.1 Å². The number of fused-ring (bicyclic) bond motifs is 4. The topological polar surface area (TPSA) is 50.8 Å². The number of methoxy groups -OCH3 is 1. The number of carbonyl (C=O) groups is 1. The fraction of sp³-hybridized carbons (Fsp3) is 0.500. The maximum Gasteiger partial charge on any atom is 0.320 e. The Labute approximate surface area is 122 Å². The Morgan fingerprint density at radius 2 is 2.35 bits per heavy atom. The van der Waals surface area contributed by atoms with Gasteiger partial charge in [0.05, 0.1) is 13.2 Å². The number of nitrogens with zero attached hydrogens (tertiary/aromatic N) is 1. The van der Waals surface area contributed by atoms with E-state index < -0.39 is 5.72 Å². The molecule has 2 aliphatic rings. The average molecular weight is 297 g/mol. The highest BCUT2D eigenvalue weighted by Gasteiger charge is 2.49. The van der Waals surface area contributed by atoms with E-state index in [2.05, 4.69) is 5.32 Å². The highest BCUT2D eigenvalue weighted by atomic mass is 35.5. The van der Waals surface area contributed by atoms with Crippen molar-refractivity contribution in [1.29, 1.82) is 0 Å². The lowest BCUT2D eigenvalue weighted by Gasteiger charge is -2.50. The Morgan fingerprint density at radius 3 is 3.00 bits per heavy atom. The Balaban J connectivity index is 2.14. The molecule has 2 amide bonds. The minimum absolute atomic E-state index is 0.105. The Morgan fingerprint density at radius 1 is 1.60 bits per heavy atom. The first kappa shape index (κ1) is 13.4. The van der Waals surface area contributed by atoms with Crippen LogP contribution in [0.15, 0.2) is 12.1 Å². The molecule has 1 fully saturated rings. The first-order valence-corrected chi connectivity index (χ1v) is 7.01. The number of carbonyl (C=O) groups excluding carboxylic acids is 1. The summed E-state index contributed by atoms with van der Waals surface area (Å²) in [5, 5.41) is 3.57. The molecule has 0 radical (unpaired) electrons. The number of rotatable bonds is 2. The summed E-state index contributed by atoms with van der Waals surface area (Å²) in [5.74, 6) is 1.25. The largest absolute Gasteiger partial charge is 0.493 e. The van der Waals surface area contributed by atoms with Crippen molar-refractivity contribution in [2.24, 2.45) is 0 Å². The van der Waals surface area contributed by atoms with E-state index >= 15 is 0 Å². The molecule has 1 aromatic carbocycles. The van der Waals surface area contributed by atoms with Gasteiger partial charge in [-0.2, -0.15) is 0 Å². The highest BCUT2D eigenvalue weighted by molar-refractivity contribution is 6.30. The summed E-state index contributed by atoms with van der Waals surface area (Å²) in [4.78, 5) is 13.9. The van der Waals surface area contributed by atoms with Crippen LogP contribution in [0, 0.1) is 0 Å². The van der Waals surface area contributed by atoms with Gasteiger partial charge < -0.3 is 14.8 Å². The van der Waals surface area contributed by atoms with E-state index in [4.69, 9.17) is 21.1 Å². The van der Waals surface area contributed by atoms with Crippen molar-refractivity contribution in [2.45, 2.75) is 32.0 Å². The molecule has 0 aliphatic carbocycles. The van der Waals surface area contributed by atoms with Gasteiger partial charge in [0.15, 0.2) is 17.2 Å². The van der Waals surface area contributed by atoms with Crippen LogP contribution in [0.4, 0.5) is 4.79 Å². The van der Waals surface area contributed by atoms with Crippen molar-refractivity contribution in [3.63, 3.8) is 0 Å². The number of amides is 2. The summed E-state index contributed by atoms with van der Waals surface area (Å²) in [6, 6.07) is 3.33. The molecule has 2 bridgehead atoms. The van der Waals surface area contributed by atoms with Gasteiger partial charge in [-0.1, -0.05) is 11.6 Å². The average Bonchev–Trinajstić information content (AvgIpc) is 2.38. The van der Waals surface area contributed by atoms with Crippen LogP contribution in [0.3, 0.4) is 0 Å². The van der Waals surface area contributed by atoms with E-state index in [1.807, 2.05) is 19.9 Å². The zero-order valence-corrected chi connectivity index (χ0v) is 12.5. The van der Waals surface area contributed by atoms with Gasteiger partial charge in [-0.15, -0.1) is 0 Å². The van der Waals surface area contributed by atoms with Crippen LogP contribution < -0.4 is 14.8 Å². The SMILES string of the molecule is CCN1C(=O)NC2CC1(C)Oc1c(OC)cc(Cl)cc12. The second-order valence-corrected chi connectivity index (χ2v) is 5.69. The Kier molecular flexibility index (Phi) is 2.97. The van der Waals surface area contributed by atoms with Gasteiger partial charge >= 0.3 is 6.03 Å². The molecule has 0 aromatic heterocycles. The summed E-state index contributed by atoms with van der Waals surface area (Å²) in [5.41, 5.74) is 0.214. The summed E-state index contributed by atoms with van der Waals surface area (Å²) < 4.78 is 11.5. The summed E-state index contributed by atoms with van der Waals surface area (Å²) in [6.45, 7) is 4.45. The van der Waals surface area contributed by atoms with Gasteiger partial charge in [0, 0.05) is 29.6 Å². The predicted molar refractivity (Wildman–Crippen MR) is 75.3 cm³/mol. The van der Waals surface area contributed by atoms with Gasteiger partial charge in [0.1, 0.15) is 0 Å². The number of urea groups is 1.